The number of benzene rings is 2. The maximum Gasteiger partial charge on any atom is 0.226 e. The highest BCUT2D eigenvalue weighted by Crippen LogP contribution is 2.34. The lowest BCUT2D eigenvalue weighted by Crippen LogP contribution is -2.04. The molecule has 0 N–H and O–H groups in total. The summed E-state index contributed by atoms with van der Waals surface area (Å²) in [6.45, 7) is 1.96. The van der Waals surface area contributed by atoms with Crippen molar-refractivity contribution in [3.8, 4) is 28.6 Å². The predicted molar refractivity (Wildman–Crippen MR) is 120 cm³/mol. The molecule has 0 spiro atoms. The van der Waals surface area contributed by atoms with Gasteiger partial charge in [0, 0.05) is 25.3 Å². The minimum Gasteiger partial charge on any atom is -0.497 e. The first-order chi connectivity index (χ1) is 16.6. The third-order valence-electron chi connectivity index (χ3n) is 5.98. The van der Waals surface area contributed by atoms with Gasteiger partial charge in [0.05, 0.1) is 35.6 Å². The van der Waals surface area contributed by atoms with Gasteiger partial charge in [0.15, 0.2) is 0 Å². The maximum atomic E-state index is 13.4. The lowest BCUT2D eigenvalue weighted by molar-refractivity contribution is 0.382. The van der Waals surface area contributed by atoms with E-state index in [4.69, 9.17) is 9.26 Å². The molecule has 6 rings (SSSR count). The molecule has 9 nitrogen and oxygen atoms in total. The van der Waals surface area contributed by atoms with E-state index in [9.17, 15) is 4.39 Å². The van der Waals surface area contributed by atoms with Crippen molar-refractivity contribution in [1.29, 1.82) is 0 Å². The average molecular weight is 457 g/mol. The van der Waals surface area contributed by atoms with Crippen molar-refractivity contribution in [3.05, 3.63) is 83.1 Å². The largest absolute Gasteiger partial charge is 0.497 e. The Labute approximate surface area is 193 Å². The van der Waals surface area contributed by atoms with Gasteiger partial charge in [-0.1, -0.05) is 29.4 Å². The smallest absolute Gasteiger partial charge is 0.226 e. The molecule has 34 heavy (non-hydrogen) atoms. The molecule has 3 aromatic heterocycles. The van der Waals surface area contributed by atoms with Gasteiger partial charge in [-0.05, 0) is 29.8 Å². The number of rotatable bonds is 5. The van der Waals surface area contributed by atoms with Crippen LogP contribution in [0.15, 0.2) is 53.3 Å². The fourth-order valence-electron chi connectivity index (χ4n) is 4.23. The maximum absolute atomic E-state index is 13.4. The van der Waals surface area contributed by atoms with Crippen LogP contribution in [0.1, 0.15) is 35.5 Å². The van der Waals surface area contributed by atoms with E-state index in [0.29, 0.717) is 42.4 Å². The Morgan fingerprint density at radius 1 is 1.09 bits per heavy atom. The third-order valence-corrected chi connectivity index (χ3v) is 5.98. The molecule has 0 bridgehead atoms. The molecular formula is C24H20FN7O2. The molecule has 10 heteroatoms. The molecule has 0 saturated heterocycles. The molecule has 2 aromatic carbocycles. The second-order valence-electron chi connectivity index (χ2n) is 8.00. The summed E-state index contributed by atoms with van der Waals surface area (Å²) in [4.78, 5) is 9.12. The SMILES string of the molecule is CCc1nc(-c2ncn3c2Cc2c(Cc4ccc(F)cc4)nnn2-c2cc(OC)ccc2-3)no1. The van der Waals surface area contributed by atoms with E-state index in [1.54, 1.807) is 25.6 Å². The summed E-state index contributed by atoms with van der Waals surface area (Å²) >= 11 is 0. The van der Waals surface area contributed by atoms with Crippen LogP contribution < -0.4 is 4.74 Å². The number of methoxy groups -OCH3 is 1. The first kappa shape index (κ1) is 20.3. The highest BCUT2D eigenvalue weighted by atomic mass is 19.1. The van der Waals surface area contributed by atoms with Gasteiger partial charge >= 0.3 is 0 Å². The Morgan fingerprint density at radius 3 is 2.71 bits per heavy atom. The van der Waals surface area contributed by atoms with Gasteiger partial charge in [-0.15, -0.1) is 5.10 Å². The number of hydrogen-bond donors (Lipinski definition) is 0. The molecule has 170 valence electrons. The molecule has 1 aliphatic heterocycles. The number of aromatic nitrogens is 7. The Balaban J connectivity index is 1.53. The van der Waals surface area contributed by atoms with Crippen LogP contribution in [0.2, 0.25) is 0 Å². The van der Waals surface area contributed by atoms with E-state index in [1.807, 2.05) is 34.4 Å². The van der Waals surface area contributed by atoms with Crippen molar-refractivity contribution in [1.82, 2.24) is 34.7 Å². The van der Waals surface area contributed by atoms with E-state index in [-0.39, 0.29) is 5.82 Å². The summed E-state index contributed by atoms with van der Waals surface area (Å²) in [5, 5.41) is 13.1. The molecule has 0 unspecified atom stereocenters. The third kappa shape index (κ3) is 3.26. The minimum absolute atomic E-state index is 0.272. The molecule has 0 amide bonds. The van der Waals surface area contributed by atoms with E-state index < -0.39 is 0 Å². The van der Waals surface area contributed by atoms with Crippen LogP contribution in [-0.4, -0.2) is 41.8 Å². The summed E-state index contributed by atoms with van der Waals surface area (Å²) < 4.78 is 28.1. The van der Waals surface area contributed by atoms with Crippen LogP contribution in [0.25, 0.3) is 22.9 Å². The van der Waals surface area contributed by atoms with Crippen molar-refractivity contribution in [2.75, 3.05) is 7.11 Å². The second-order valence-corrected chi connectivity index (χ2v) is 8.00. The molecule has 0 fully saturated rings. The summed E-state index contributed by atoms with van der Waals surface area (Å²) in [5.74, 6) is 1.43. The summed E-state index contributed by atoms with van der Waals surface area (Å²) in [6.07, 6.45) is 3.41. The zero-order valence-electron chi connectivity index (χ0n) is 18.6. The minimum atomic E-state index is -0.272. The van der Waals surface area contributed by atoms with Crippen molar-refractivity contribution in [2.24, 2.45) is 0 Å². The van der Waals surface area contributed by atoms with E-state index in [2.05, 4.69) is 25.4 Å². The number of hydrogen-bond acceptors (Lipinski definition) is 7. The molecule has 0 atom stereocenters. The molecule has 1 aliphatic rings. The zero-order chi connectivity index (χ0) is 23.2. The van der Waals surface area contributed by atoms with Crippen molar-refractivity contribution < 1.29 is 13.7 Å². The Hall–Kier alpha value is -4.34. The molecule has 0 saturated carbocycles. The summed E-state index contributed by atoms with van der Waals surface area (Å²) in [6, 6.07) is 12.2. The number of fused-ring (bicyclic) bond motifs is 5. The topological polar surface area (TPSA) is 96.7 Å². The highest BCUT2D eigenvalue weighted by Gasteiger charge is 2.28. The van der Waals surface area contributed by atoms with Crippen LogP contribution in [0.4, 0.5) is 4.39 Å². The van der Waals surface area contributed by atoms with Gasteiger partial charge in [0.2, 0.25) is 11.7 Å². The quantitative estimate of drug-likeness (QED) is 0.389. The van der Waals surface area contributed by atoms with Gasteiger partial charge in [0.25, 0.3) is 0 Å². The molecular weight excluding hydrogens is 437 g/mol. The lowest BCUT2D eigenvalue weighted by Gasteiger charge is -2.11. The van der Waals surface area contributed by atoms with Crippen LogP contribution in [0.5, 0.6) is 5.75 Å². The first-order valence-electron chi connectivity index (χ1n) is 10.9. The van der Waals surface area contributed by atoms with Gasteiger partial charge in [0.1, 0.15) is 23.6 Å². The number of ether oxygens (including phenoxy) is 1. The van der Waals surface area contributed by atoms with Gasteiger partial charge < -0.3 is 9.26 Å². The first-order valence-corrected chi connectivity index (χ1v) is 10.9. The van der Waals surface area contributed by atoms with Crippen molar-refractivity contribution in [2.45, 2.75) is 26.2 Å². The fourth-order valence-corrected chi connectivity index (χ4v) is 4.23. The second kappa shape index (κ2) is 7.91. The average Bonchev–Trinajstić information content (AvgIpc) is 3.58. The molecule has 4 heterocycles. The lowest BCUT2D eigenvalue weighted by atomic mass is 10.1. The fraction of sp³-hybridized carbons (Fsp3) is 0.208. The van der Waals surface area contributed by atoms with E-state index in [1.165, 1.54) is 12.1 Å². The molecule has 0 aliphatic carbocycles. The Bertz CT molecular complexity index is 1500. The standard InChI is InChI=1S/C24H20FN7O2/c1-3-22-27-24(29-34-22)23-21-12-19-17(10-14-4-6-15(25)7-5-14)28-30-32(19)20-11-16(33-2)8-9-18(20)31(21)13-26-23/h4-9,11,13H,3,10,12H2,1-2H3. The number of aryl methyl sites for hydroxylation is 1. The summed E-state index contributed by atoms with van der Waals surface area (Å²) in [5.41, 5.74) is 5.88. The monoisotopic (exact) mass is 457 g/mol. The van der Waals surface area contributed by atoms with E-state index in [0.717, 1.165) is 34.0 Å². The summed E-state index contributed by atoms with van der Waals surface area (Å²) in [7, 11) is 1.63. The van der Waals surface area contributed by atoms with Crippen molar-refractivity contribution in [3.63, 3.8) is 0 Å². The van der Waals surface area contributed by atoms with Crippen LogP contribution in [-0.2, 0) is 19.3 Å². The van der Waals surface area contributed by atoms with Gasteiger partial charge in [-0.2, -0.15) is 4.98 Å². The Morgan fingerprint density at radius 2 is 1.94 bits per heavy atom. The number of imidazole rings is 1. The Kier molecular flexibility index (Phi) is 4.72. The van der Waals surface area contributed by atoms with Gasteiger partial charge in [-0.25, -0.2) is 14.1 Å². The van der Waals surface area contributed by atoms with Crippen LogP contribution in [0.3, 0.4) is 0 Å². The van der Waals surface area contributed by atoms with E-state index >= 15 is 0 Å². The number of halogens is 1. The highest BCUT2D eigenvalue weighted by molar-refractivity contribution is 5.63. The zero-order valence-corrected chi connectivity index (χ0v) is 18.6. The predicted octanol–water partition coefficient (Wildman–Crippen LogP) is 3.71. The molecule has 5 aromatic rings. The molecule has 0 radical (unpaired) electrons. The van der Waals surface area contributed by atoms with Crippen molar-refractivity contribution >= 4 is 0 Å². The normalized spacial score (nSPS) is 12.1. The van der Waals surface area contributed by atoms with Crippen LogP contribution in [0, 0.1) is 5.82 Å². The van der Waals surface area contributed by atoms with Crippen LogP contribution >= 0.6 is 0 Å². The number of nitrogens with zero attached hydrogens (tertiary/aromatic N) is 7. The van der Waals surface area contributed by atoms with Gasteiger partial charge in [-0.3, -0.25) is 4.57 Å².